The highest BCUT2D eigenvalue weighted by atomic mass is 16.5. The average molecular weight is 190 g/mol. The van der Waals surface area contributed by atoms with Crippen molar-refractivity contribution in [3.05, 3.63) is 0 Å². The fourth-order valence-corrected chi connectivity index (χ4v) is 0.901. The van der Waals surface area contributed by atoms with Gasteiger partial charge in [0.2, 0.25) is 5.91 Å². The maximum atomic E-state index is 10.5. The average Bonchev–Trinajstić information content (AvgIpc) is 2.11. The van der Waals surface area contributed by atoms with Gasteiger partial charge in [-0.3, -0.25) is 4.79 Å². The first-order valence-electron chi connectivity index (χ1n) is 4.31. The van der Waals surface area contributed by atoms with Crippen LogP contribution in [-0.4, -0.2) is 43.4 Å². The van der Waals surface area contributed by atoms with E-state index < -0.39 is 12.0 Å². The van der Waals surface area contributed by atoms with Crippen LogP contribution in [-0.2, 0) is 9.53 Å². The summed E-state index contributed by atoms with van der Waals surface area (Å²) in [7, 11) is 1.61. The molecule has 2 unspecified atom stereocenters. The van der Waals surface area contributed by atoms with Crippen LogP contribution in [0.5, 0.6) is 0 Å². The SMILES string of the molecule is CCC(COC)NCC(O)C(N)=O. The zero-order chi connectivity index (χ0) is 10.3. The molecule has 0 radical (unpaired) electrons. The summed E-state index contributed by atoms with van der Waals surface area (Å²) in [5.74, 6) is -0.709. The molecule has 0 fully saturated rings. The number of hydrogen-bond acceptors (Lipinski definition) is 4. The first kappa shape index (κ1) is 12.3. The normalized spacial score (nSPS) is 15.3. The van der Waals surface area contributed by atoms with E-state index in [-0.39, 0.29) is 12.6 Å². The van der Waals surface area contributed by atoms with E-state index in [1.165, 1.54) is 0 Å². The monoisotopic (exact) mass is 190 g/mol. The number of primary amides is 1. The van der Waals surface area contributed by atoms with Crippen LogP contribution in [0.1, 0.15) is 13.3 Å². The number of aliphatic hydroxyl groups excluding tert-OH is 1. The second kappa shape index (κ2) is 6.82. The van der Waals surface area contributed by atoms with Crippen molar-refractivity contribution in [2.24, 2.45) is 5.73 Å². The van der Waals surface area contributed by atoms with E-state index in [1.807, 2.05) is 6.92 Å². The molecule has 2 atom stereocenters. The molecule has 0 aromatic rings. The maximum absolute atomic E-state index is 10.5. The molecule has 5 heteroatoms. The van der Waals surface area contributed by atoms with Gasteiger partial charge >= 0.3 is 0 Å². The topological polar surface area (TPSA) is 84.6 Å². The van der Waals surface area contributed by atoms with Crippen molar-refractivity contribution in [3.8, 4) is 0 Å². The Balaban J connectivity index is 3.64. The molecule has 1 amide bonds. The summed E-state index contributed by atoms with van der Waals surface area (Å²) in [5.41, 5.74) is 4.88. The van der Waals surface area contributed by atoms with Crippen molar-refractivity contribution in [3.63, 3.8) is 0 Å². The number of rotatable bonds is 7. The van der Waals surface area contributed by atoms with E-state index in [2.05, 4.69) is 5.32 Å². The van der Waals surface area contributed by atoms with Crippen LogP contribution in [0.25, 0.3) is 0 Å². The van der Waals surface area contributed by atoms with Crippen LogP contribution < -0.4 is 11.1 Å². The van der Waals surface area contributed by atoms with Crippen LogP contribution in [0.4, 0.5) is 0 Å². The lowest BCUT2D eigenvalue weighted by molar-refractivity contribution is -0.125. The fourth-order valence-electron chi connectivity index (χ4n) is 0.901. The molecule has 0 saturated heterocycles. The summed E-state index contributed by atoms with van der Waals surface area (Å²) in [6.45, 7) is 2.73. The van der Waals surface area contributed by atoms with Gasteiger partial charge < -0.3 is 20.9 Å². The molecular weight excluding hydrogens is 172 g/mol. The highest BCUT2D eigenvalue weighted by Gasteiger charge is 2.12. The lowest BCUT2D eigenvalue weighted by Crippen LogP contribution is -2.43. The molecule has 13 heavy (non-hydrogen) atoms. The minimum absolute atomic E-state index is 0.152. The van der Waals surface area contributed by atoms with Gasteiger partial charge in [0.25, 0.3) is 0 Å². The van der Waals surface area contributed by atoms with Crippen molar-refractivity contribution in [2.75, 3.05) is 20.3 Å². The highest BCUT2D eigenvalue weighted by Crippen LogP contribution is 1.91. The Morgan fingerprint density at radius 2 is 2.31 bits per heavy atom. The minimum atomic E-state index is -1.12. The summed E-state index contributed by atoms with van der Waals surface area (Å²) < 4.78 is 4.93. The summed E-state index contributed by atoms with van der Waals surface area (Å²) >= 11 is 0. The van der Waals surface area contributed by atoms with Gasteiger partial charge in [-0.15, -0.1) is 0 Å². The fraction of sp³-hybridized carbons (Fsp3) is 0.875. The maximum Gasteiger partial charge on any atom is 0.247 e. The second-order valence-electron chi connectivity index (χ2n) is 2.89. The quantitative estimate of drug-likeness (QED) is 0.473. The van der Waals surface area contributed by atoms with Crippen molar-refractivity contribution in [2.45, 2.75) is 25.5 Å². The Hall–Kier alpha value is -0.650. The van der Waals surface area contributed by atoms with Gasteiger partial charge in [0.05, 0.1) is 6.61 Å². The van der Waals surface area contributed by atoms with Gasteiger partial charge in [-0.05, 0) is 6.42 Å². The third-order valence-electron chi connectivity index (χ3n) is 1.79. The Kier molecular flexibility index (Phi) is 6.48. The molecule has 0 aliphatic heterocycles. The largest absolute Gasteiger partial charge is 0.383 e. The second-order valence-corrected chi connectivity index (χ2v) is 2.89. The number of aliphatic hydroxyl groups is 1. The number of carbonyl (C=O) groups excluding carboxylic acids is 1. The molecule has 0 spiro atoms. The zero-order valence-corrected chi connectivity index (χ0v) is 8.12. The predicted octanol–water partition coefficient (Wildman–Crippen LogP) is -1.15. The van der Waals surface area contributed by atoms with Gasteiger partial charge in [-0.25, -0.2) is 0 Å². The van der Waals surface area contributed by atoms with Crippen molar-refractivity contribution < 1.29 is 14.6 Å². The van der Waals surface area contributed by atoms with E-state index >= 15 is 0 Å². The molecule has 0 bridgehead atoms. The lowest BCUT2D eigenvalue weighted by Gasteiger charge is -2.17. The van der Waals surface area contributed by atoms with E-state index in [0.717, 1.165) is 6.42 Å². The Bertz CT molecular complexity index is 152. The van der Waals surface area contributed by atoms with Crippen LogP contribution in [0.3, 0.4) is 0 Å². The molecule has 0 aliphatic rings. The molecule has 0 saturated carbocycles. The number of methoxy groups -OCH3 is 1. The highest BCUT2D eigenvalue weighted by molar-refractivity contribution is 5.78. The van der Waals surface area contributed by atoms with Crippen molar-refractivity contribution >= 4 is 5.91 Å². The number of hydrogen-bond donors (Lipinski definition) is 3. The molecule has 4 N–H and O–H groups in total. The number of amides is 1. The van der Waals surface area contributed by atoms with Crippen molar-refractivity contribution in [1.82, 2.24) is 5.32 Å². The minimum Gasteiger partial charge on any atom is -0.383 e. The van der Waals surface area contributed by atoms with Crippen LogP contribution in [0.15, 0.2) is 0 Å². The molecule has 78 valence electrons. The standard InChI is InChI=1S/C8H18N2O3/c1-3-6(5-13-2)10-4-7(11)8(9)12/h6-7,10-11H,3-5H2,1-2H3,(H2,9,12). The van der Waals surface area contributed by atoms with E-state index in [0.29, 0.717) is 6.61 Å². The Morgan fingerprint density at radius 1 is 1.69 bits per heavy atom. The lowest BCUT2D eigenvalue weighted by atomic mass is 10.2. The van der Waals surface area contributed by atoms with Gasteiger partial charge in [0.1, 0.15) is 6.10 Å². The zero-order valence-electron chi connectivity index (χ0n) is 8.12. The Labute approximate surface area is 78.3 Å². The summed E-state index contributed by atoms with van der Waals surface area (Å²) in [6.07, 6.45) is -0.245. The molecule has 0 rings (SSSR count). The summed E-state index contributed by atoms with van der Waals surface area (Å²) in [5, 5.41) is 12.0. The molecule has 5 nitrogen and oxygen atoms in total. The van der Waals surface area contributed by atoms with Gasteiger partial charge in [0.15, 0.2) is 0 Å². The number of ether oxygens (including phenoxy) is 1. The molecule has 0 heterocycles. The predicted molar refractivity (Wildman–Crippen MR) is 49.2 cm³/mol. The first-order chi connectivity index (χ1) is 6.11. The Morgan fingerprint density at radius 3 is 2.69 bits per heavy atom. The summed E-state index contributed by atoms with van der Waals surface area (Å²) in [4.78, 5) is 10.5. The van der Waals surface area contributed by atoms with Crippen LogP contribution in [0.2, 0.25) is 0 Å². The van der Waals surface area contributed by atoms with Crippen molar-refractivity contribution in [1.29, 1.82) is 0 Å². The van der Waals surface area contributed by atoms with Gasteiger partial charge in [-0.2, -0.15) is 0 Å². The van der Waals surface area contributed by atoms with Gasteiger partial charge in [0, 0.05) is 19.7 Å². The van der Waals surface area contributed by atoms with E-state index in [4.69, 9.17) is 15.6 Å². The molecule has 0 aromatic carbocycles. The van der Waals surface area contributed by atoms with Crippen LogP contribution >= 0.6 is 0 Å². The first-order valence-corrected chi connectivity index (χ1v) is 4.31. The molecule has 0 aromatic heterocycles. The smallest absolute Gasteiger partial charge is 0.247 e. The van der Waals surface area contributed by atoms with E-state index in [1.54, 1.807) is 7.11 Å². The molecular formula is C8H18N2O3. The van der Waals surface area contributed by atoms with Crippen LogP contribution in [0, 0.1) is 0 Å². The number of carbonyl (C=O) groups is 1. The van der Waals surface area contributed by atoms with E-state index in [9.17, 15) is 4.79 Å². The summed E-state index contributed by atoms with van der Waals surface area (Å²) in [6, 6.07) is 0.152. The third-order valence-corrected chi connectivity index (χ3v) is 1.79. The van der Waals surface area contributed by atoms with Gasteiger partial charge in [-0.1, -0.05) is 6.92 Å². The number of nitrogens with one attached hydrogen (secondary N) is 1. The molecule has 0 aliphatic carbocycles. The number of nitrogens with two attached hydrogens (primary N) is 1. The third kappa shape index (κ3) is 5.57.